The van der Waals surface area contributed by atoms with E-state index in [9.17, 15) is 0 Å². The first-order chi connectivity index (χ1) is 11.2. The highest BCUT2D eigenvalue weighted by molar-refractivity contribution is 9.10. The number of fused-ring (bicyclic) bond motifs is 1. The second-order valence-corrected chi connectivity index (χ2v) is 8.17. The summed E-state index contributed by atoms with van der Waals surface area (Å²) in [7, 11) is 0. The Hall–Kier alpha value is -1.38. The largest absolute Gasteiger partial charge is 0.144 e. The quantitative estimate of drug-likeness (QED) is 0.523. The molecule has 1 atom stereocenters. The fourth-order valence-corrected chi connectivity index (χ4v) is 4.90. The van der Waals surface area contributed by atoms with Gasteiger partial charge in [-0.1, -0.05) is 63.5 Å². The molecule has 0 aliphatic heterocycles. The highest BCUT2D eigenvalue weighted by Gasteiger charge is 2.24. The van der Waals surface area contributed by atoms with Gasteiger partial charge in [-0.15, -0.1) is 11.3 Å². The van der Waals surface area contributed by atoms with E-state index in [0.717, 1.165) is 6.42 Å². The Morgan fingerprint density at radius 1 is 1.17 bits per heavy atom. The third-order valence-corrected chi connectivity index (χ3v) is 6.50. The minimum atomic E-state index is 0.578. The van der Waals surface area contributed by atoms with Gasteiger partial charge in [0.2, 0.25) is 0 Å². The number of rotatable bonds is 4. The topological polar surface area (TPSA) is 0 Å². The van der Waals surface area contributed by atoms with E-state index >= 15 is 0 Å². The predicted octanol–water partition coefficient (Wildman–Crippen LogP) is 7.21. The first-order valence-electron chi connectivity index (χ1n) is 8.12. The monoisotopic (exact) mass is 382 g/mol. The first-order valence-corrected chi connectivity index (χ1v) is 9.80. The summed E-state index contributed by atoms with van der Waals surface area (Å²) in [6, 6.07) is 10.9. The van der Waals surface area contributed by atoms with Crippen LogP contribution in [0.3, 0.4) is 0 Å². The molecule has 0 nitrogen and oxygen atoms in total. The van der Waals surface area contributed by atoms with Crippen molar-refractivity contribution in [1.29, 1.82) is 0 Å². The maximum Gasteiger partial charge on any atom is 0.0339 e. The van der Waals surface area contributed by atoms with Crippen LogP contribution in [0, 0.1) is 0 Å². The molecule has 4 rings (SSSR count). The van der Waals surface area contributed by atoms with Crippen LogP contribution in [0.2, 0.25) is 0 Å². The Morgan fingerprint density at radius 2 is 2.09 bits per heavy atom. The van der Waals surface area contributed by atoms with Crippen LogP contribution in [0.25, 0.3) is 11.6 Å². The molecule has 23 heavy (non-hydrogen) atoms. The molecule has 0 saturated carbocycles. The molecule has 1 heterocycles. The first kappa shape index (κ1) is 15.2. The number of halogens is 1. The number of hydrogen-bond donors (Lipinski definition) is 0. The van der Waals surface area contributed by atoms with Gasteiger partial charge < -0.3 is 0 Å². The summed E-state index contributed by atoms with van der Waals surface area (Å²) in [4.78, 5) is 1.39. The summed E-state index contributed by atoms with van der Waals surface area (Å²) in [5.74, 6) is 0.578. The summed E-state index contributed by atoms with van der Waals surface area (Å²) in [5, 5.41) is 2.16. The van der Waals surface area contributed by atoms with Crippen molar-refractivity contribution in [3.05, 3.63) is 79.5 Å². The van der Waals surface area contributed by atoms with Gasteiger partial charge in [-0.2, -0.15) is 0 Å². The third kappa shape index (κ3) is 2.90. The van der Waals surface area contributed by atoms with E-state index in [0.29, 0.717) is 5.92 Å². The second-order valence-electron chi connectivity index (χ2n) is 6.37. The highest BCUT2D eigenvalue weighted by Crippen LogP contribution is 2.43. The van der Waals surface area contributed by atoms with Crippen LogP contribution in [-0.4, -0.2) is 0 Å². The molecule has 0 bridgehead atoms. The van der Waals surface area contributed by atoms with E-state index in [1.807, 2.05) is 11.3 Å². The third-order valence-electron chi connectivity index (χ3n) is 4.89. The molecule has 0 radical (unpaired) electrons. The zero-order valence-corrected chi connectivity index (χ0v) is 15.6. The number of hydrogen-bond acceptors (Lipinski definition) is 1. The molecule has 2 aliphatic rings. The fraction of sp³-hybridized carbons (Fsp3) is 0.238. The molecule has 2 aliphatic carbocycles. The maximum atomic E-state index is 3.69. The van der Waals surface area contributed by atoms with Gasteiger partial charge in [-0.25, -0.2) is 0 Å². The SMILES string of the molecule is CC1=Cc2c(Br)cccc2C1CCC1=CC(c2cccs2)=CC1. The smallest absolute Gasteiger partial charge is 0.0339 e. The van der Waals surface area contributed by atoms with Crippen molar-refractivity contribution >= 4 is 38.9 Å². The van der Waals surface area contributed by atoms with Crippen LogP contribution in [0.1, 0.15) is 48.1 Å². The molecule has 2 heteroatoms. The average molecular weight is 383 g/mol. The molecule has 1 unspecified atom stereocenters. The second kappa shape index (κ2) is 6.26. The van der Waals surface area contributed by atoms with Crippen LogP contribution in [0.4, 0.5) is 0 Å². The molecule has 0 spiro atoms. The molecular weight excluding hydrogens is 364 g/mol. The molecule has 0 N–H and O–H groups in total. The Kier molecular flexibility index (Phi) is 4.13. The van der Waals surface area contributed by atoms with Gasteiger partial charge in [-0.05, 0) is 60.4 Å². The Labute approximate surface area is 150 Å². The minimum Gasteiger partial charge on any atom is -0.144 e. The molecular formula is C21H19BrS. The lowest BCUT2D eigenvalue weighted by Gasteiger charge is -2.15. The van der Waals surface area contributed by atoms with Crippen molar-refractivity contribution in [3.63, 3.8) is 0 Å². The van der Waals surface area contributed by atoms with Crippen LogP contribution < -0.4 is 0 Å². The lowest BCUT2D eigenvalue weighted by Crippen LogP contribution is -1.98. The Balaban J connectivity index is 1.46. The van der Waals surface area contributed by atoms with Gasteiger partial charge in [0, 0.05) is 15.3 Å². The van der Waals surface area contributed by atoms with Crippen LogP contribution in [-0.2, 0) is 0 Å². The average Bonchev–Trinajstić information content (AvgIpc) is 3.25. The molecule has 1 aromatic carbocycles. The normalized spacial score (nSPS) is 19.4. The number of allylic oxidation sites excluding steroid dienone is 5. The van der Waals surface area contributed by atoms with Gasteiger partial charge in [-0.3, -0.25) is 0 Å². The molecule has 1 aromatic heterocycles. The van der Waals surface area contributed by atoms with Crippen LogP contribution in [0.15, 0.2) is 63.5 Å². The zero-order chi connectivity index (χ0) is 15.8. The van der Waals surface area contributed by atoms with Crippen LogP contribution in [0.5, 0.6) is 0 Å². The zero-order valence-electron chi connectivity index (χ0n) is 13.2. The van der Waals surface area contributed by atoms with E-state index in [4.69, 9.17) is 0 Å². The fourth-order valence-electron chi connectivity index (χ4n) is 3.66. The van der Waals surface area contributed by atoms with Crippen LogP contribution >= 0.6 is 27.3 Å². The van der Waals surface area contributed by atoms with Gasteiger partial charge in [0.25, 0.3) is 0 Å². The lowest BCUT2D eigenvalue weighted by atomic mass is 9.90. The van der Waals surface area contributed by atoms with Crippen molar-refractivity contribution in [2.24, 2.45) is 0 Å². The summed E-state index contributed by atoms with van der Waals surface area (Å²) in [5.41, 5.74) is 7.35. The maximum absolute atomic E-state index is 3.69. The minimum absolute atomic E-state index is 0.578. The number of thiophene rings is 1. The van der Waals surface area contributed by atoms with E-state index in [2.05, 4.69) is 76.8 Å². The van der Waals surface area contributed by atoms with Gasteiger partial charge in [0.1, 0.15) is 0 Å². The van der Waals surface area contributed by atoms with E-state index in [-0.39, 0.29) is 0 Å². The van der Waals surface area contributed by atoms with Crippen molar-refractivity contribution in [1.82, 2.24) is 0 Å². The summed E-state index contributed by atoms with van der Waals surface area (Å²) in [6.45, 7) is 2.27. The Morgan fingerprint density at radius 3 is 2.91 bits per heavy atom. The van der Waals surface area contributed by atoms with E-state index in [1.54, 1.807) is 5.57 Å². The summed E-state index contributed by atoms with van der Waals surface area (Å²) >= 11 is 5.52. The molecule has 2 aromatic rings. The van der Waals surface area contributed by atoms with Gasteiger partial charge in [0.15, 0.2) is 0 Å². The highest BCUT2D eigenvalue weighted by atomic mass is 79.9. The van der Waals surface area contributed by atoms with E-state index < -0.39 is 0 Å². The summed E-state index contributed by atoms with van der Waals surface area (Å²) in [6.07, 6.45) is 10.7. The van der Waals surface area contributed by atoms with E-state index in [1.165, 1.54) is 44.5 Å². The Bertz CT molecular complexity index is 822. The van der Waals surface area contributed by atoms with Crippen molar-refractivity contribution in [2.75, 3.05) is 0 Å². The lowest BCUT2D eigenvalue weighted by molar-refractivity contribution is 0.705. The van der Waals surface area contributed by atoms with Gasteiger partial charge in [0.05, 0.1) is 0 Å². The predicted molar refractivity (Wildman–Crippen MR) is 105 cm³/mol. The molecule has 0 amide bonds. The van der Waals surface area contributed by atoms with Crippen molar-refractivity contribution in [3.8, 4) is 0 Å². The molecule has 0 fully saturated rings. The number of benzene rings is 1. The molecule has 0 saturated heterocycles. The van der Waals surface area contributed by atoms with Gasteiger partial charge >= 0.3 is 0 Å². The van der Waals surface area contributed by atoms with Crippen molar-refractivity contribution in [2.45, 2.75) is 32.1 Å². The standard InChI is InChI=1S/C21H19BrS/c1-14-12-19-18(4-2-5-20(19)22)17(14)10-8-15-7-9-16(13-15)21-6-3-11-23-21/h2-6,9,11-13,17H,7-8,10H2,1H3. The summed E-state index contributed by atoms with van der Waals surface area (Å²) < 4.78 is 1.22. The molecule has 116 valence electrons. The van der Waals surface area contributed by atoms with Crippen molar-refractivity contribution < 1.29 is 0 Å².